The van der Waals surface area contributed by atoms with Gasteiger partial charge in [0.25, 0.3) is 5.91 Å². The number of imide groups is 1. The summed E-state index contributed by atoms with van der Waals surface area (Å²) >= 11 is 0. The molecule has 12 heteroatoms. The molecule has 188 valence electrons. The highest BCUT2D eigenvalue weighted by Crippen LogP contribution is 2.35. The molecule has 0 spiro atoms. The maximum Gasteiger partial charge on any atom is 0.252 e. The van der Waals surface area contributed by atoms with Gasteiger partial charge < -0.3 is 0 Å². The molecule has 3 aromatic carbocycles. The maximum atomic E-state index is 13.7. The molecule has 1 heterocycles. The SMILES string of the molecule is CC(c1ccccc1)N(C1CC(=O)N(c2ccc(S(N)(=O)=O)cc2)C1=O)S(=O)(=O)c1ccc(F)cc1. The van der Waals surface area contributed by atoms with Crippen molar-refractivity contribution in [3.05, 3.63) is 90.2 Å². The fourth-order valence-electron chi connectivity index (χ4n) is 4.12. The van der Waals surface area contributed by atoms with Gasteiger partial charge in [-0.25, -0.2) is 31.3 Å². The van der Waals surface area contributed by atoms with Gasteiger partial charge in [0, 0.05) is 6.04 Å². The number of nitrogens with two attached hydrogens (primary N) is 1. The smallest absolute Gasteiger partial charge is 0.252 e. The van der Waals surface area contributed by atoms with Crippen molar-refractivity contribution in [1.29, 1.82) is 0 Å². The minimum Gasteiger partial charge on any atom is -0.274 e. The van der Waals surface area contributed by atoms with E-state index in [-0.39, 0.29) is 15.5 Å². The van der Waals surface area contributed by atoms with E-state index in [1.165, 1.54) is 12.1 Å². The Balaban J connectivity index is 1.77. The van der Waals surface area contributed by atoms with E-state index >= 15 is 0 Å². The molecule has 0 radical (unpaired) electrons. The van der Waals surface area contributed by atoms with Crippen molar-refractivity contribution in [3.63, 3.8) is 0 Å². The zero-order valence-electron chi connectivity index (χ0n) is 19.0. The fourth-order valence-corrected chi connectivity index (χ4v) is 6.40. The predicted molar refractivity (Wildman–Crippen MR) is 129 cm³/mol. The number of primary sulfonamides is 1. The van der Waals surface area contributed by atoms with Crippen LogP contribution in [-0.2, 0) is 29.6 Å². The Kier molecular flexibility index (Phi) is 6.80. The number of benzene rings is 3. The topological polar surface area (TPSA) is 135 Å². The van der Waals surface area contributed by atoms with Crippen molar-refractivity contribution in [2.45, 2.75) is 35.2 Å². The summed E-state index contributed by atoms with van der Waals surface area (Å²) < 4.78 is 65.0. The Morgan fingerprint density at radius 2 is 1.44 bits per heavy atom. The molecule has 4 rings (SSSR count). The molecule has 0 saturated carbocycles. The third-order valence-corrected chi connectivity index (χ3v) is 8.83. The van der Waals surface area contributed by atoms with Crippen LogP contribution in [0.2, 0.25) is 0 Å². The number of halogens is 1. The molecule has 1 aliphatic heterocycles. The van der Waals surface area contributed by atoms with Gasteiger partial charge in [-0.05, 0) is 61.0 Å². The summed E-state index contributed by atoms with van der Waals surface area (Å²) in [5, 5.41) is 5.11. The summed E-state index contributed by atoms with van der Waals surface area (Å²) in [5.41, 5.74) is 0.658. The Morgan fingerprint density at radius 1 is 0.889 bits per heavy atom. The van der Waals surface area contributed by atoms with Gasteiger partial charge >= 0.3 is 0 Å². The highest BCUT2D eigenvalue weighted by atomic mass is 32.2. The molecular weight excluding hydrogens is 509 g/mol. The van der Waals surface area contributed by atoms with E-state index in [1.807, 2.05) is 0 Å². The second-order valence-corrected chi connectivity index (χ2v) is 11.6. The van der Waals surface area contributed by atoms with Crippen molar-refractivity contribution in [3.8, 4) is 0 Å². The van der Waals surface area contributed by atoms with Crippen LogP contribution < -0.4 is 10.0 Å². The van der Waals surface area contributed by atoms with Crippen LogP contribution in [0.25, 0.3) is 0 Å². The zero-order valence-corrected chi connectivity index (χ0v) is 20.6. The van der Waals surface area contributed by atoms with Gasteiger partial charge in [0.2, 0.25) is 26.0 Å². The van der Waals surface area contributed by atoms with E-state index in [4.69, 9.17) is 5.14 Å². The number of sulfonamides is 2. The van der Waals surface area contributed by atoms with Crippen LogP contribution in [0, 0.1) is 5.82 Å². The minimum absolute atomic E-state index is 0.0754. The molecule has 2 atom stereocenters. The largest absolute Gasteiger partial charge is 0.274 e. The minimum atomic E-state index is -4.37. The van der Waals surface area contributed by atoms with Crippen LogP contribution in [0.5, 0.6) is 0 Å². The van der Waals surface area contributed by atoms with Gasteiger partial charge in [0.15, 0.2) is 0 Å². The van der Waals surface area contributed by atoms with Crippen LogP contribution in [-0.4, -0.2) is 39.0 Å². The lowest BCUT2D eigenvalue weighted by Crippen LogP contribution is -2.46. The van der Waals surface area contributed by atoms with E-state index in [0.717, 1.165) is 45.6 Å². The van der Waals surface area contributed by atoms with Crippen LogP contribution in [0.15, 0.2) is 88.7 Å². The number of hydrogen-bond acceptors (Lipinski definition) is 6. The molecule has 2 unspecified atom stereocenters. The van der Waals surface area contributed by atoms with Crippen LogP contribution in [0.3, 0.4) is 0 Å². The van der Waals surface area contributed by atoms with E-state index in [0.29, 0.717) is 5.56 Å². The lowest BCUT2D eigenvalue weighted by molar-refractivity contribution is -0.122. The molecule has 9 nitrogen and oxygen atoms in total. The van der Waals surface area contributed by atoms with Gasteiger partial charge in [-0.2, -0.15) is 4.31 Å². The third kappa shape index (κ3) is 4.80. The second-order valence-electron chi connectivity index (χ2n) is 8.20. The highest BCUT2D eigenvalue weighted by molar-refractivity contribution is 7.89. The summed E-state index contributed by atoms with van der Waals surface area (Å²) in [7, 11) is -8.36. The lowest BCUT2D eigenvalue weighted by Gasteiger charge is -2.32. The monoisotopic (exact) mass is 531 g/mol. The first kappa shape index (κ1) is 25.6. The van der Waals surface area contributed by atoms with Crippen molar-refractivity contribution >= 4 is 37.5 Å². The van der Waals surface area contributed by atoms with E-state index < -0.39 is 56.2 Å². The molecule has 1 aliphatic rings. The van der Waals surface area contributed by atoms with Gasteiger partial charge in [-0.3, -0.25) is 9.59 Å². The highest BCUT2D eigenvalue weighted by Gasteiger charge is 2.49. The Morgan fingerprint density at radius 3 is 2.00 bits per heavy atom. The number of carbonyl (C=O) groups is 2. The van der Waals surface area contributed by atoms with Crippen molar-refractivity contribution in [1.82, 2.24) is 4.31 Å². The molecule has 1 fully saturated rings. The summed E-state index contributed by atoms with van der Waals surface area (Å²) in [4.78, 5) is 26.8. The average Bonchev–Trinajstić information content (AvgIpc) is 3.12. The summed E-state index contributed by atoms with van der Waals surface area (Å²) in [5.74, 6) is -2.08. The van der Waals surface area contributed by atoms with Crippen molar-refractivity contribution in [2.24, 2.45) is 5.14 Å². The molecule has 2 N–H and O–H groups in total. The first-order valence-electron chi connectivity index (χ1n) is 10.7. The second kappa shape index (κ2) is 9.54. The van der Waals surface area contributed by atoms with Crippen LogP contribution >= 0.6 is 0 Å². The summed E-state index contributed by atoms with van der Waals surface area (Å²) in [6.45, 7) is 1.59. The Labute approximate surface area is 208 Å². The number of rotatable bonds is 7. The van der Waals surface area contributed by atoms with Gasteiger partial charge in [0.1, 0.15) is 11.9 Å². The lowest BCUT2D eigenvalue weighted by atomic mass is 10.1. The van der Waals surface area contributed by atoms with Gasteiger partial charge in [-0.15, -0.1) is 0 Å². The van der Waals surface area contributed by atoms with E-state index in [2.05, 4.69) is 0 Å². The number of amides is 2. The Bertz CT molecular complexity index is 1510. The molecule has 36 heavy (non-hydrogen) atoms. The third-order valence-electron chi connectivity index (χ3n) is 5.91. The maximum absolute atomic E-state index is 13.7. The van der Waals surface area contributed by atoms with Crippen LogP contribution in [0.1, 0.15) is 24.9 Å². The number of nitrogens with zero attached hydrogens (tertiary/aromatic N) is 2. The standard InChI is InChI=1S/C24H22FN3O6S2/c1-16(17-5-3-2-4-6-17)28(36(33,34)21-11-7-18(25)8-12-21)22-15-23(29)27(24(22)30)19-9-13-20(14-10-19)35(26,31)32/h2-14,16,22H,15H2,1H3,(H2,26,31,32). The number of anilines is 1. The quantitative estimate of drug-likeness (QED) is 0.466. The summed E-state index contributed by atoms with van der Waals surface area (Å²) in [6.07, 6.45) is -0.437. The number of carbonyl (C=O) groups excluding carboxylic acids is 2. The van der Waals surface area contributed by atoms with E-state index in [9.17, 15) is 30.8 Å². The fraction of sp³-hybridized carbons (Fsp3) is 0.167. The normalized spacial score (nSPS) is 17.6. The number of hydrogen-bond donors (Lipinski definition) is 1. The zero-order chi connectivity index (χ0) is 26.3. The van der Waals surface area contributed by atoms with Gasteiger partial charge in [-0.1, -0.05) is 30.3 Å². The molecule has 0 bridgehead atoms. The molecular formula is C24H22FN3O6S2. The van der Waals surface area contributed by atoms with Crippen molar-refractivity contribution in [2.75, 3.05) is 4.90 Å². The predicted octanol–water partition coefficient (Wildman–Crippen LogP) is 2.56. The molecule has 0 aromatic heterocycles. The molecule has 1 saturated heterocycles. The first-order valence-corrected chi connectivity index (χ1v) is 13.7. The van der Waals surface area contributed by atoms with Crippen LogP contribution in [0.4, 0.5) is 10.1 Å². The first-order chi connectivity index (χ1) is 16.9. The molecule has 3 aromatic rings. The molecule has 0 aliphatic carbocycles. The molecule has 2 amide bonds. The van der Waals surface area contributed by atoms with E-state index in [1.54, 1.807) is 37.3 Å². The van der Waals surface area contributed by atoms with Gasteiger partial charge in [0.05, 0.1) is 21.9 Å². The average molecular weight is 532 g/mol. The summed E-state index contributed by atoms with van der Waals surface area (Å²) in [6, 6.07) is 15.3. The van der Waals surface area contributed by atoms with Crippen molar-refractivity contribution < 1.29 is 30.8 Å². The Hall–Kier alpha value is -3.45.